The van der Waals surface area contributed by atoms with Crippen LogP contribution in [0.4, 0.5) is 0 Å². The largest absolute Gasteiger partial charge is 0.394 e. The fourth-order valence-corrected chi connectivity index (χ4v) is 3.16. The van der Waals surface area contributed by atoms with Gasteiger partial charge in [-0.05, 0) is 0 Å². The molecule has 0 amide bonds. The van der Waals surface area contributed by atoms with Crippen molar-refractivity contribution in [3.05, 3.63) is 0 Å². The highest BCUT2D eigenvalue weighted by molar-refractivity contribution is 9.09. The Balaban J connectivity index is 2.45. The van der Waals surface area contributed by atoms with Crippen molar-refractivity contribution in [1.82, 2.24) is 0 Å². The summed E-state index contributed by atoms with van der Waals surface area (Å²) in [6, 6.07) is 0. The molecule has 10 nitrogen and oxygen atoms in total. The van der Waals surface area contributed by atoms with Gasteiger partial charge in [-0.15, -0.1) is 0 Å². The van der Waals surface area contributed by atoms with Crippen LogP contribution in [0.1, 0.15) is 1.37 Å². The molecule has 0 aromatic rings. The third kappa shape index (κ3) is 3.16. The number of hydrogen-bond acceptors (Lipinski definition) is 10. The van der Waals surface area contributed by atoms with E-state index in [9.17, 15) is 40.9 Å². The van der Waals surface area contributed by atoms with Crippen LogP contribution in [0.3, 0.4) is 0 Å². The molecule has 2 fully saturated rings. The van der Waals surface area contributed by atoms with Gasteiger partial charge in [-0.1, -0.05) is 15.9 Å². The Morgan fingerprint density at radius 2 is 1.48 bits per heavy atom. The Bertz CT molecular complexity index is 416. The zero-order chi connectivity index (χ0) is 18.4. The number of alkyl halides is 1. The monoisotopic (exact) mass is 405 g/mol. The summed E-state index contributed by atoms with van der Waals surface area (Å²) in [6.45, 7) is -0.882. The van der Waals surface area contributed by atoms with Crippen LogP contribution in [0.2, 0.25) is 0 Å². The molecule has 0 spiro atoms. The molecule has 2 rings (SSSR count). The zero-order valence-corrected chi connectivity index (χ0v) is 13.4. The van der Waals surface area contributed by atoms with E-state index in [1.54, 1.807) is 0 Å². The molecule has 2 saturated heterocycles. The average Bonchev–Trinajstić information content (AvgIpc) is 2.57. The first-order chi connectivity index (χ1) is 11.0. The maximum Gasteiger partial charge on any atom is 0.225 e. The first-order valence-electron chi connectivity index (χ1n) is 7.38. The summed E-state index contributed by atoms with van der Waals surface area (Å²) in [5.41, 5.74) is 0. The van der Waals surface area contributed by atoms with Gasteiger partial charge in [0, 0.05) is 5.33 Å². The van der Waals surface area contributed by atoms with Crippen LogP contribution in [0.5, 0.6) is 0 Å². The van der Waals surface area contributed by atoms with Crippen LogP contribution in [-0.2, 0) is 9.47 Å². The molecule has 23 heavy (non-hydrogen) atoms. The Labute approximate surface area is 141 Å². The molecule has 0 aliphatic carbocycles. The molecule has 11 heteroatoms. The highest BCUT2D eigenvalue weighted by Crippen LogP contribution is 2.37. The lowest BCUT2D eigenvalue weighted by Crippen LogP contribution is -2.75. The molecule has 2 heterocycles. The molecule has 2 aliphatic rings. The quantitative estimate of drug-likeness (QED) is 0.213. The zero-order valence-electron chi connectivity index (χ0n) is 12.8. The fraction of sp³-hybridized carbons (Fsp3) is 1.00. The molecular formula is C12H21BrO10. The van der Waals surface area contributed by atoms with Crippen molar-refractivity contribution in [2.24, 2.45) is 0 Å². The first-order valence-corrected chi connectivity index (χ1v) is 8.00. The number of ether oxygens (including phenoxy) is 2. The minimum absolute atomic E-state index is 0.0979. The predicted molar refractivity (Wildman–Crippen MR) is 75.4 cm³/mol. The Hall–Kier alpha value is 0.0800. The van der Waals surface area contributed by atoms with Crippen LogP contribution < -0.4 is 0 Å². The van der Waals surface area contributed by atoms with Gasteiger partial charge in [0.05, 0.1) is 14.1 Å². The van der Waals surface area contributed by atoms with Gasteiger partial charge in [-0.25, -0.2) is 0 Å². The van der Waals surface area contributed by atoms with Gasteiger partial charge in [0.1, 0.15) is 48.8 Å². The second-order valence-corrected chi connectivity index (χ2v) is 6.21. The summed E-state index contributed by atoms with van der Waals surface area (Å²) in [5.74, 6) is -3.13. The highest BCUT2D eigenvalue weighted by Gasteiger charge is 2.62. The molecule has 136 valence electrons. The van der Waals surface area contributed by atoms with Gasteiger partial charge in [0.2, 0.25) is 5.79 Å². The lowest BCUT2D eigenvalue weighted by molar-refractivity contribution is -0.404. The topological polar surface area (TPSA) is 180 Å². The fourth-order valence-electron chi connectivity index (χ4n) is 2.64. The summed E-state index contributed by atoms with van der Waals surface area (Å²) < 4.78 is 18.4. The van der Waals surface area contributed by atoms with E-state index in [4.69, 9.17) is 10.8 Å². The van der Waals surface area contributed by atoms with Crippen LogP contribution in [0, 0.1) is 0 Å². The standard InChI is InChI=1S/C12H21BrO10/c13-1-3-5(15)7(17)9(19)11(22-3)12(21)10(20)8(18)6(16)4(2-14)23-12/h3-11,14-21H,1-2H2/t3-,4-,5-,6-,7+,8+,9-,10-,11+,12?/m1/s1/i11D. The van der Waals surface area contributed by atoms with Gasteiger partial charge < -0.3 is 50.3 Å². The molecule has 1 unspecified atom stereocenters. The Kier molecular flexibility index (Phi) is 5.55. The van der Waals surface area contributed by atoms with Crippen molar-refractivity contribution in [2.75, 3.05) is 11.9 Å². The van der Waals surface area contributed by atoms with Crippen molar-refractivity contribution >= 4 is 15.9 Å². The Morgan fingerprint density at radius 1 is 0.913 bits per heavy atom. The predicted octanol–water partition coefficient (Wildman–Crippen LogP) is -4.61. The minimum Gasteiger partial charge on any atom is -0.394 e. The van der Waals surface area contributed by atoms with E-state index >= 15 is 0 Å². The molecule has 10 atom stereocenters. The summed E-state index contributed by atoms with van der Waals surface area (Å²) in [4.78, 5) is 0. The number of aliphatic hydroxyl groups excluding tert-OH is 7. The number of halogens is 1. The molecule has 0 radical (unpaired) electrons. The van der Waals surface area contributed by atoms with Crippen LogP contribution in [-0.4, -0.2) is 113 Å². The van der Waals surface area contributed by atoms with Gasteiger partial charge in [-0.3, -0.25) is 0 Å². The number of hydrogen-bond donors (Lipinski definition) is 8. The summed E-state index contributed by atoms with van der Waals surface area (Å²) >= 11 is 2.98. The second kappa shape index (κ2) is 7.14. The average molecular weight is 406 g/mol. The summed E-state index contributed by atoms with van der Waals surface area (Å²) in [5, 5.41) is 79.3. The van der Waals surface area contributed by atoms with Crippen LogP contribution in [0.25, 0.3) is 0 Å². The third-order valence-electron chi connectivity index (χ3n) is 4.07. The van der Waals surface area contributed by atoms with Gasteiger partial charge in [0.25, 0.3) is 0 Å². The van der Waals surface area contributed by atoms with E-state index in [0.717, 1.165) is 0 Å². The first kappa shape index (κ1) is 17.9. The summed E-state index contributed by atoms with van der Waals surface area (Å²) in [6.07, 6.45) is -17.7. The maximum atomic E-state index is 10.7. The van der Waals surface area contributed by atoms with Crippen molar-refractivity contribution < 1.29 is 51.7 Å². The molecule has 8 N–H and O–H groups in total. The Morgan fingerprint density at radius 3 is 2.00 bits per heavy atom. The van der Waals surface area contributed by atoms with Crippen molar-refractivity contribution in [3.63, 3.8) is 0 Å². The smallest absolute Gasteiger partial charge is 0.225 e. The van der Waals surface area contributed by atoms with Gasteiger partial charge in [-0.2, -0.15) is 0 Å². The number of aliphatic hydroxyl groups is 8. The van der Waals surface area contributed by atoms with Crippen LogP contribution in [0.15, 0.2) is 0 Å². The second-order valence-electron chi connectivity index (χ2n) is 5.56. The van der Waals surface area contributed by atoms with E-state index in [1.807, 2.05) is 0 Å². The van der Waals surface area contributed by atoms with Gasteiger partial charge >= 0.3 is 0 Å². The van der Waals surface area contributed by atoms with Crippen molar-refractivity contribution in [3.8, 4) is 0 Å². The lowest BCUT2D eigenvalue weighted by atomic mass is 9.83. The van der Waals surface area contributed by atoms with Gasteiger partial charge in [0.15, 0.2) is 0 Å². The van der Waals surface area contributed by atoms with E-state index in [1.165, 1.54) is 0 Å². The normalized spacial score (nSPS) is 58.7. The molecular weight excluding hydrogens is 384 g/mol. The third-order valence-corrected chi connectivity index (χ3v) is 4.71. The van der Waals surface area contributed by atoms with Crippen molar-refractivity contribution in [2.45, 2.75) is 60.7 Å². The SMILES string of the molecule is [2H][C@]1(C2(O)O[C@H](CO)[C@@H](O)[C@H](O)[C@H]2O)O[C@H](CBr)[C@@H](O)[C@H](O)[C@H]1O. The van der Waals surface area contributed by atoms with E-state index < -0.39 is 67.3 Å². The minimum atomic E-state index is -3.13. The van der Waals surface area contributed by atoms with E-state index in [-0.39, 0.29) is 5.33 Å². The van der Waals surface area contributed by atoms with E-state index in [2.05, 4.69) is 15.9 Å². The highest BCUT2D eigenvalue weighted by atomic mass is 79.9. The molecule has 0 aromatic carbocycles. The van der Waals surface area contributed by atoms with Crippen molar-refractivity contribution in [1.29, 1.82) is 0 Å². The molecule has 2 aliphatic heterocycles. The molecule has 0 saturated carbocycles. The van der Waals surface area contributed by atoms with E-state index in [0.29, 0.717) is 0 Å². The lowest BCUT2D eigenvalue weighted by Gasteiger charge is -2.52. The molecule has 0 bridgehead atoms. The summed E-state index contributed by atoms with van der Waals surface area (Å²) in [7, 11) is 0. The molecule has 0 aromatic heterocycles. The maximum absolute atomic E-state index is 10.7. The van der Waals surface area contributed by atoms with Crippen LogP contribution >= 0.6 is 15.9 Å². The number of rotatable bonds is 3.